The number of ketones is 1. The van der Waals surface area contributed by atoms with Crippen molar-refractivity contribution in [2.75, 3.05) is 0 Å². The van der Waals surface area contributed by atoms with Crippen molar-refractivity contribution in [3.8, 4) is 12.3 Å². The molecule has 0 aliphatic rings. The van der Waals surface area contributed by atoms with Gasteiger partial charge < -0.3 is 0 Å². The second kappa shape index (κ2) is 10.5. The number of hydrogen-bond donors (Lipinski definition) is 0. The number of halogens is 1. The lowest BCUT2D eigenvalue weighted by Gasteiger charge is -1.96. The number of terminal acetylenes is 1. The molecule has 0 bridgehead atoms. The Labute approximate surface area is 81.3 Å². The van der Waals surface area contributed by atoms with Crippen molar-refractivity contribution in [2.24, 2.45) is 0 Å². The number of carbonyl (C=O) groups is 1. The molecule has 0 saturated carbocycles. The van der Waals surface area contributed by atoms with Gasteiger partial charge in [0.15, 0.2) is 0 Å². The lowest BCUT2D eigenvalue weighted by atomic mass is 10.1. The predicted octanol–water partition coefficient (Wildman–Crippen LogP) is 2.97. The minimum atomic E-state index is 0. The molecule has 0 fully saturated rings. The van der Waals surface area contributed by atoms with Crippen molar-refractivity contribution in [1.82, 2.24) is 0 Å². The van der Waals surface area contributed by atoms with E-state index in [1.54, 1.807) is 0 Å². The maximum absolute atomic E-state index is 11.0. The molecule has 0 atom stereocenters. The zero-order valence-corrected chi connectivity index (χ0v) is 8.45. The van der Waals surface area contributed by atoms with Crippen LogP contribution in [0, 0.1) is 12.3 Å². The van der Waals surface area contributed by atoms with E-state index in [1.807, 2.05) is 0 Å². The number of hydrogen-bond acceptors (Lipinski definition) is 1. The number of rotatable bonds is 6. The van der Waals surface area contributed by atoms with Gasteiger partial charge in [0.1, 0.15) is 5.78 Å². The highest BCUT2D eigenvalue weighted by molar-refractivity contribution is 5.85. The van der Waals surface area contributed by atoms with E-state index in [0.29, 0.717) is 12.2 Å². The van der Waals surface area contributed by atoms with E-state index in [4.69, 9.17) is 6.42 Å². The van der Waals surface area contributed by atoms with Crippen LogP contribution in [-0.2, 0) is 4.79 Å². The van der Waals surface area contributed by atoms with Crippen molar-refractivity contribution in [2.45, 2.75) is 45.4 Å². The Bertz CT molecular complexity index is 146. The van der Waals surface area contributed by atoms with Crippen molar-refractivity contribution in [3.05, 3.63) is 0 Å². The van der Waals surface area contributed by atoms with Crippen LogP contribution < -0.4 is 0 Å². The molecule has 0 radical (unpaired) electrons. The lowest BCUT2D eigenvalue weighted by Crippen LogP contribution is -1.96. The average molecular weight is 189 g/mol. The van der Waals surface area contributed by atoms with Crippen molar-refractivity contribution >= 4 is 18.2 Å². The summed E-state index contributed by atoms with van der Waals surface area (Å²) in [6.07, 6.45) is 10.2. The van der Waals surface area contributed by atoms with Gasteiger partial charge in [-0.1, -0.05) is 13.3 Å². The SMILES string of the molecule is C#CCCCC(=O)CCCC.Cl. The smallest absolute Gasteiger partial charge is 0.132 e. The lowest BCUT2D eigenvalue weighted by molar-refractivity contribution is -0.119. The fraction of sp³-hybridized carbons (Fsp3) is 0.700. The highest BCUT2D eigenvalue weighted by atomic mass is 35.5. The third-order valence-electron chi connectivity index (χ3n) is 1.59. The molecular weight excluding hydrogens is 172 g/mol. The third kappa shape index (κ3) is 9.52. The summed E-state index contributed by atoms with van der Waals surface area (Å²) >= 11 is 0. The molecule has 0 aliphatic heterocycles. The summed E-state index contributed by atoms with van der Waals surface area (Å²) in [6.45, 7) is 2.09. The Kier molecular flexibility index (Phi) is 12.3. The zero-order chi connectivity index (χ0) is 8.53. The van der Waals surface area contributed by atoms with E-state index in [1.165, 1.54) is 0 Å². The monoisotopic (exact) mass is 188 g/mol. The number of carbonyl (C=O) groups excluding carboxylic acids is 1. The van der Waals surface area contributed by atoms with Crippen LogP contribution in [0.3, 0.4) is 0 Å². The molecule has 0 unspecified atom stereocenters. The topological polar surface area (TPSA) is 17.1 Å². The zero-order valence-electron chi connectivity index (χ0n) is 7.64. The molecule has 0 rings (SSSR count). The largest absolute Gasteiger partial charge is 0.300 e. The van der Waals surface area contributed by atoms with Crippen molar-refractivity contribution in [3.63, 3.8) is 0 Å². The first-order chi connectivity index (χ1) is 5.31. The van der Waals surface area contributed by atoms with Gasteiger partial charge in [-0.15, -0.1) is 24.8 Å². The summed E-state index contributed by atoms with van der Waals surface area (Å²) in [5.41, 5.74) is 0. The molecule has 2 heteroatoms. The summed E-state index contributed by atoms with van der Waals surface area (Å²) in [7, 11) is 0. The molecule has 70 valence electrons. The highest BCUT2D eigenvalue weighted by Crippen LogP contribution is 2.02. The molecule has 0 aromatic carbocycles. The van der Waals surface area contributed by atoms with E-state index in [9.17, 15) is 4.79 Å². The molecular formula is C10H17ClO. The first-order valence-electron chi connectivity index (χ1n) is 4.26. The van der Waals surface area contributed by atoms with Gasteiger partial charge >= 0.3 is 0 Å². The highest BCUT2D eigenvalue weighted by Gasteiger charge is 1.98. The minimum absolute atomic E-state index is 0. The van der Waals surface area contributed by atoms with Gasteiger partial charge in [-0.25, -0.2) is 0 Å². The van der Waals surface area contributed by atoms with E-state index < -0.39 is 0 Å². The summed E-state index contributed by atoms with van der Waals surface area (Å²) in [5, 5.41) is 0. The first kappa shape index (κ1) is 14.1. The van der Waals surface area contributed by atoms with Crippen LogP contribution in [-0.4, -0.2) is 5.78 Å². The summed E-state index contributed by atoms with van der Waals surface area (Å²) in [6, 6.07) is 0. The van der Waals surface area contributed by atoms with Crippen LogP contribution in [0.1, 0.15) is 45.4 Å². The molecule has 0 aromatic heterocycles. The van der Waals surface area contributed by atoms with Gasteiger partial charge in [0.05, 0.1) is 0 Å². The van der Waals surface area contributed by atoms with E-state index in [0.717, 1.165) is 32.1 Å². The molecule has 0 N–H and O–H groups in total. The van der Waals surface area contributed by atoms with Crippen molar-refractivity contribution in [1.29, 1.82) is 0 Å². The maximum Gasteiger partial charge on any atom is 0.132 e. The van der Waals surface area contributed by atoms with E-state index in [-0.39, 0.29) is 12.4 Å². The van der Waals surface area contributed by atoms with Crippen LogP contribution in [0.2, 0.25) is 0 Å². The van der Waals surface area contributed by atoms with E-state index in [2.05, 4.69) is 12.8 Å². The Morgan fingerprint density at radius 3 is 2.42 bits per heavy atom. The van der Waals surface area contributed by atoms with Gasteiger partial charge in [-0.3, -0.25) is 4.79 Å². The van der Waals surface area contributed by atoms with Gasteiger partial charge in [0, 0.05) is 19.3 Å². The molecule has 0 saturated heterocycles. The third-order valence-corrected chi connectivity index (χ3v) is 1.59. The number of unbranched alkanes of at least 4 members (excludes halogenated alkanes) is 2. The van der Waals surface area contributed by atoms with Crippen LogP contribution in [0.5, 0.6) is 0 Å². The Morgan fingerprint density at radius 1 is 1.33 bits per heavy atom. The van der Waals surface area contributed by atoms with Gasteiger partial charge in [-0.2, -0.15) is 0 Å². The molecule has 0 amide bonds. The Balaban J connectivity index is 0. The second-order valence-corrected chi connectivity index (χ2v) is 2.70. The van der Waals surface area contributed by atoms with Crippen LogP contribution in [0.4, 0.5) is 0 Å². The van der Waals surface area contributed by atoms with E-state index >= 15 is 0 Å². The van der Waals surface area contributed by atoms with Crippen LogP contribution in [0.25, 0.3) is 0 Å². The standard InChI is InChI=1S/C10H16O.ClH/c1-3-5-7-9-10(11)8-6-4-2;/h1H,4-9H2,2H3;1H. The predicted molar refractivity (Wildman–Crippen MR) is 54.5 cm³/mol. The van der Waals surface area contributed by atoms with Gasteiger partial charge in [0.25, 0.3) is 0 Å². The Morgan fingerprint density at radius 2 is 1.92 bits per heavy atom. The fourth-order valence-electron chi connectivity index (χ4n) is 0.887. The summed E-state index contributed by atoms with van der Waals surface area (Å²) < 4.78 is 0. The Hall–Kier alpha value is -0.480. The molecule has 0 aromatic rings. The van der Waals surface area contributed by atoms with Gasteiger partial charge in [0.2, 0.25) is 0 Å². The normalized spacial score (nSPS) is 8.33. The van der Waals surface area contributed by atoms with Crippen LogP contribution >= 0.6 is 12.4 Å². The maximum atomic E-state index is 11.0. The fourth-order valence-corrected chi connectivity index (χ4v) is 0.887. The molecule has 1 nitrogen and oxygen atoms in total. The second-order valence-electron chi connectivity index (χ2n) is 2.70. The molecule has 0 aliphatic carbocycles. The minimum Gasteiger partial charge on any atom is -0.300 e. The average Bonchev–Trinajstić information content (AvgIpc) is 2.01. The molecule has 12 heavy (non-hydrogen) atoms. The van der Waals surface area contributed by atoms with Gasteiger partial charge in [-0.05, 0) is 12.8 Å². The van der Waals surface area contributed by atoms with Crippen molar-refractivity contribution < 1.29 is 4.79 Å². The quantitative estimate of drug-likeness (QED) is 0.463. The first-order valence-corrected chi connectivity index (χ1v) is 4.26. The summed E-state index contributed by atoms with van der Waals surface area (Å²) in [5.74, 6) is 2.89. The molecule has 0 spiro atoms. The molecule has 0 heterocycles. The van der Waals surface area contributed by atoms with Crippen LogP contribution in [0.15, 0.2) is 0 Å². The summed E-state index contributed by atoms with van der Waals surface area (Å²) in [4.78, 5) is 11.0. The number of Topliss-reactive ketones (excluding diaryl/α,β-unsaturated/α-hetero) is 1.